The van der Waals surface area contributed by atoms with Crippen LogP contribution < -0.4 is 10.1 Å². The van der Waals surface area contributed by atoms with Gasteiger partial charge in [0.1, 0.15) is 11.3 Å². The second kappa shape index (κ2) is 5.73. The molecule has 5 nitrogen and oxygen atoms in total. The van der Waals surface area contributed by atoms with Crippen LogP contribution in [0.4, 0.5) is 0 Å². The lowest BCUT2D eigenvalue weighted by atomic mass is 10.1. The van der Waals surface area contributed by atoms with Gasteiger partial charge in [-0.2, -0.15) is 0 Å². The van der Waals surface area contributed by atoms with Crippen LogP contribution in [-0.2, 0) is 9.59 Å². The number of nitrogens with one attached hydrogen (secondary N) is 1. The number of rotatable bonds is 5. The van der Waals surface area contributed by atoms with Crippen LogP contribution in [0.2, 0.25) is 5.02 Å². The Hall–Kier alpha value is -1.75. The molecule has 0 unspecified atom stereocenters. The van der Waals surface area contributed by atoms with Crippen molar-refractivity contribution in [2.24, 2.45) is 0 Å². The lowest BCUT2D eigenvalue weighted by molar-refractivity contribution is -0.146. The van der Waals surface area contributed by atoms with Crippen LogP contribution in [0.5, 0.6) is 5.75 Å². The van der Waals surface area contributed by atoms with E-state index in [9.17, 15) is 9.59 Å². The molecule has 0 radical (unpaired) electrons. The third-order valence-electron chi connectivity index (χ3n) is 2.17. The molecule has 0 spiro atoms. The number of amides is 1. The van der Waals surface area contributed by atoms with E-state index in [0.717, 1.165) is 0 Å². The van der Waals surface area contributed by atoms with Crippen molar-refractivity contribution in [3.05, 3.63) is 29.3 Å². The first kappa shape index (κ1) is 14.3. The summed E-state index contributed by atoms with van der Waals surface area (Å²) in [6, 6.07) is 6.52. The number of benzene rings is 1. The fraction of sp³-hybridized carbons (Fsp3) is 0.333. The first-order valence-corrected chi connectivity index (χ1v) is 5.62. The molecule has 0 aliphatic rings. The van der Waals surface area contributed by atoms with Gasteiger partial charge >= 0.3 is 5.97 Å². The highest BCUT2D eigenvalue weighted by atomic mass is 35.5. The van der Waals surface area contributed by atoms with Gasteiger partial charge in [-0.3, -0.25) is 4.79 Å². The van der Waals surface area contributed by atoms with E-state index in [1.165, 1.54) is 13.8 Å². The van der Waals surface area contributed by atoms with E-state index in [-0.39, 0.29) is 6.61 Å². The van der Waals surface area contributed by atoms with Gasteiger partial charge < -0.3 is 15.2 Å². The summed E-state index contributed by atoms with van der Waals surface area (Å²) in [6.45, 7) is 2.55. The van der Waals surface area contributed by atoms with Gasteiger partial charge in [0.05, 0.1) is 0 Å². The minimum Gasteiger partial charge on any atom is -0.484 e. The first-order valence-electron chi connectivity index (χ1n) is 5.24. The number of hydrogen-bond donors (Lipinski definition) is 2. The molecular formula is C12H14ClNO4. The van der Waals surface area contributed by atoms with Crippen LogP contribution in [-0.4, -0.2) is 29.1 Å². The summed E-state index contributed by atoms with van der Waals surface area (Å²) in [7, 11) is 0. The van der Waals surface area contributed by atoms with Crippen molar-refractivity contribution in [2.45, 2.75) is 19.4 Å². The summed E-state index contributed by atoms with van der Waals surface area (Å²) in [5.74, 6) is -1.12. The largest absolute Gasteiger partial charge is 0.484 e. The molecule has 2 N–H and O–H groups in total. The van der Waals surface area contributed by atoms with E-state index in [0.29, 0.717) is 10.8 Å². The van der Waals surface area contributed by atoms with Gasteiger partial charge in [0.25, 0.3) is 5.91 Å². The van der Waals surface area contributed by atoms with Gasteiger partial charge in [-0.25, -0.2) is 4.79 Å². The summed E-state index contributed by atoms with van der Waals surface area (Å²) in [4.78, 5) is 22.3. The van der Waals surface area contributed by atoms with Crippen LogP contribution in [0.15, 0.2) is 24.3 Å². The zero-order valence-electron chi connectivity index (χ0n) is 10.1. The molecule has 0 aliphatic heterocycles. The molecule has 0 bridgehead atoms. The molecule has 0 heterocycles. The van der Waals surface area contributed by atoms with Crippen LogP contribution >= 0.6 is 11.6 Å². The van der Waals surface area contributed by atoms with E-state index in [2.05, 4.69) is 5.32 Å². The summed E-state index contributed by atoms with van der Waals surface area (Å²) in [5.41, 5.74) is -1.32. The number of carboxylic acid groups (broad SMARTS) is 1. The molecule has 0 aliphatic carbocycles. The average molecular weight is 272 g/mol. The molecule has 0 atom stereocenters. The van der Waals surface area contributed by atoms with Gasteiger partial charge in [-0.1, -0.05) is 11.6 Å². The zero-order chi connectivity index (χ0) is 13.8. The molecule has 1 aromatic carbocycles. The van der Waals surface area contributed by atoms with Crippen molar-refractivity contribution in [1.29, 1.82) is 0 Å². The van der Waals surface area contributed by atoms with E-state index in [1.54, 1.807) is 24.3 Å². The Morgan fingerprint density at radius 1 is 1.33 bits per heavy atom. The quantitative estimate of drug-likeness (QED) is 0.855. The first-order chi connectivity index (χ1) is 8.31. The Bertz CT molecular complexity index is 442. The number of carboxylic acids is 1. The fourth-order valence-electron chi connectivity index (χ4n) is 1.12. The summed E-state index contributed by atoms with van der Waals surface area (Å²) >= 11 is 5.70. The minimum atomic E-state index is -1.32. The molecule has 1 amide bonds. The SMILES string of the molecule is CC(C)(NC(=O)COc1ccc(Cl)cc1)C(=O)O. The van der Waals surface area contributed by atoms with Gasteiger partial charge in [-0.05, 0) is 38.1 Å². The maximum Gasteiger partial charge on any atom is 0.328 e. The molecule has 18 heavy (non-hydrogen) atoms. The van der Waals surface area contributed by atoms with Crippen LogP contribution in [0.1, 0.15) is 13.8 Å². The third kappa shape index (κ3) is 4.25. The van der Waals surface area contributed by atoms with Crippen molar-refractivity contribution in [2.75, 3.05) is 6.61 Å². The monoisotopic (exact) mass is 271 g/mol. The van der Waals surface area contributed by atoms with Crippen molar-refractivity contribution in [1.82, 2.24) is 5.32 Å². The lowest BCUT2D eigenvalue weighted by Gasteiger charge is -2.20. The topological polar surface area (TPSA) is 75.6 Å². The van der Waals surface area contributed by atoms with Gasteiger partial charge in [0.15, 0.2) is 6.61 Å². The molecule has 0 saturated heterocycles. The third-order valence-corrected chi connectivity index (χ3v) is 2.42. The van der Waals surface area contributed by atoms with Crippen molar-refractivity contribution >= 4 is 23.5 Å². The van der Waals surface area contributed by atoms with Crippen molar-refractivity contribution < 1.29 is 19.4 Å². The molecule has 0 aromatic heterocycles. The number of carbonyl (C=O) groups excluding carboxylic acids is 1. The van der Waals surface area contributed by atoms with Gasteiger partial charge in [-0.15, -0.1) is 0 Å². The minimum absolute atomic E-state index is 0.252. The second-order valence-corrected chi connectivity index (χ2v) is 4.66. The molecule has 1 aromatic rings. The Morgan fingerprint density at radius 2 is 1.89 bits per heavy atom. The van der Waals surface area contributed by atoms with E-state index in [4.69, 9.17) is 21.4 Å². The molecule has 6 heteroatoms. The molecule has 0 saturated carbocycles. The molecular weight excluding hydrogens is 258 g/mol. The molecule has 98 valence electrons. The number of hydrogen-bond acceptors (Lipinski definition) is 3. The number of aliphatic carboxylic acids is 1. The maximum absolute atomic E-state index is 11.5. The van der Waals surface area contributed by atoms with Crippen LogP contribution in [0.25, 0.3) is 0 Å². The van der Waals surface area contributed by atoms with Crippen molar-refractivity contribution in [3.63, 3.8) is 0 Å². The average Bonchev–Trinajstić information content (AvgIpc) is 2.27. The van der Waals surface area contributed by atoms with E-state index < -0.39 is 17.4 Å². The smallest absolute Gasteiger partial charge is 0.328 e. The molecule has 1 rings (SSSR count). The summed E-state index contributed by atoms with van der Waals surface area (Å²) in [6.07, 6.45) is 0. The number of carbonyl (C=O) groups is 2. The Labute approximate surface area is 110 Å². The highest BCUT2D eigenvalue weighted by Gasteiger charge is 2.28. The fourth-order valence-corrected chi connectivity index (χ4v) is 1.24. The Kier molecular flexibility index (Phi) is 4.55. The highest BCUT2D eigenvalue weighted by Crippen LogP contribution is 2.15. The summed E-state index contributed by atoms with van der Waals surface area (Å²) < 4.78 is 5.18. The van der Waals surface area contributed by atoms with Crippen LogP contribution in [0, 0.1) is 0 Å². The van der Waals surface area contributed by atoms with Gasteiger partial charge in [0.2, 0.25) is 0 Å². The normalized spacial score (nSPS) is 10.8. The second-order valence-electron chi connectivity index (χ2n) is 4.22. The standard InChI is InChI=1S/C12H14ClNO4/c1-12(2,11(16)17)14-10(15)7-18-9-5-3-8(13)4-6-9/h3-6H,7H2,1-2H3,(H,14,15)(H,16,17). The summed E-state index contributed by atoms with van der Waals surface area (Å²) in [5, 5.41) is 11.8. The Morgan fingerprint density at radius 3 is 2.39 bits per heavy atom. The van der Waals surface area contributed by atoms with Gasteiger partial charge in [0, 0.05) is 5.02 Å². The predicted octanol–water partition coefficient (Wildman–Crippen LogP) is 1.70. The van der Waals surface area contributed by atoms with Crippen LogP contribution in [0.3, 0.4) is 0 Å². The Balaban J connectivity index is 2.47. The number of ether oxygens (including phenoxy) is 1. The predicted molar refractivity (Wildman–Crippen MR) is 66.8 cm³/mol. The van der Waals surface area contributed by atoms with E-state index in [1.807, 2.05) is 0 Å². The zero-order valence-corrected chi connectivity index (χ0v) is 10.8. The molecule has 0 fully saturated rings. The highest BCUT2D eigenvalue weighted by molar-refractivity contribution is 6.30. The maximum atomic E-state index is 11.5. The number of halogens is 1. The lowest BCUT2D eigenvalue weighted by Crippen LogP contribution is -2.51. The van der Waals surface area contributed by atoms with E-state index >= 15 is 0 Å². The van der Waals surface area contributed by atoms with Crippen molar-refractivity contribution in [3.8, 4) is 5.75 Å².